The van der Waals surface area contributed by atoms with Crippen LogP contribution < -0.4 is 10.2 Å². The Morgan fingerprint density at radius 1 is 1.17 bits per heavy atom. The van der Waals surface area contributed by atoms with E-state index < -0.39 is 34.7 Å². The van der Waals surface area contributed by atoms with Crippen molar-refractivity contribution in [3.05, 3.63) is 77.1 Å². The lowest BCUT2D eigenvalue weighted by Crippen LogP contribution is -2.47. The van der Waals surface area contributed by atoms with E-state index in [0.717, 1.165) is 54.9 Å². The summed E-state index contributed by atoms with van der Waals surface area (Å²) in [6, 6.07) is 11.6. The van der Waals surface area contributed by atoms with E-state index in [1.54, 1.807) is 21.9 Å². The summed E-state index contributed by atoms with van der Waals surface area (Å²) in [5.41, 5.74) is 0.175. The summed E-state index contributed by atoms with van der Waals surface area (Å²) in [5, 5.41) is 12.0. The van der Waals surface area contributed by atoms with Gasteiger partial charge in [0, 0.05) is 67.7 Å². The molecule has 2 aromatic carbocycles. The summed E-state index contributed by atoms with van der Waals surface area (Å²) < 4.78 is 47.2. The highest BCUT2D eigenvalue weighted by Gasteiger charge is 2.56. The zero-order valence-corrected chi connectivity index (χ0v) is 24.5. The molecule has 3 aromatic rings. The van der Waals surface area contributed by atoms with Crippen LogP contribution in [0.1, 0.15) is 56.2 Å². The number of nitrogens with one attached hydrogen (secondary N) is 1. The number of aryl methyl sites for hydroxylation is 1. The van der Waals surface area contributed by atoms with Crippen LogP contribution in [-0.2, 0) is 11.3 Å². The Hall–Kier alpha value is -3.84. The first-order valence-corrected chi connectivity index (χ1v) is 14.3. The van der Waals surface area contributed by atoms with Crippen molar-refractivity contribution >= 4 is 17.5 Å². The van der Waals surface area contributed by atoms with E-state index in [2.05, 4.69) is 27.3 Å². The van der Waals surface area contributed by atoms with Crippen molar-refractivity contribution < 1.29 is 18.0 Å². The number of aromatic nitrogens is 2. The number of hydrogen-bond acceptors (Lipinski definition) is 5. The van der Waals surface area contributed by atoms with E-state index in [4.69, 9.17) is 0 Å². The first kappa shape index (κ1) is 29.6. The number of anilines is 2. The Balaban J connectivity index is 1.40. The molecule has 0 radical (unpaired) electrons. The largest absolute Gasteiger partial charge is 0.371 e. The molecular formula is C32H37F3N6O. The zero-order valence-electron chi connectivity index (χ0n) is 24.5. The average Bonchev–Trinajstić information content (AvgIpc) is 3.54. The van der Waals surface area contributed by atoms with Gasteiger partial charge in [-0.15, -0.1) is 0 Å². The third-order valence-electron chi connectivity index (χ3n) is 8.58. The maximum Gasteiger partial charge on any atom is 0.266 e. The SMILES string of the molecule is Cc1ccc(Cn2ccnc2NC(=O)[C@]2(F)CN(C(C)(C)C)C[C@H]2c2ccc(F)cc2F)c(N2CCC(C#N)CC2)c1. The van der Waals surface area contributed by atoms with Gasteiger partial charge in [-0.25, -0.2) is 18.2 Å². The van der Waals surface area contributed by atoms with E-state index in [-0.39, 0.29) is 30.5 Å². The second kappa shape index (κ2) is 11.4. The molecule has 2 fully saturated rings. The summed E-state index contributed by atoms with van der Waals surface area (Å²) >= 11 is 0. The molecule has 0 unspecified atom stereocenters. The molecule has 1 amide bonds. The van der Waals surface area contributed by atoms with Crippen molar-refractivity contribution in [1.29, 1.82) is 5.26 Å². The Kier molecular flexibility index (Phi) is 8.08. The zero-order chi connectivity index (χ0) is 30.2. The highest BCUT2D eigenvalue weighted by Crippen LogP contribution is 2.43. The normalized spacial score (nSPS) is 21.9. The lowest BCUT2D eigenvalue weighted by atomic mass is 9.85. The molecule has 10 heteroatoms. The summed E-state index contributed by atoms with van der Waals surface area (Å²) in [4.78, 5) is 22.1. The lowest BCUT2D eigenvalue weighted by molar-refractivity contribution is -0.127. The number of likely N-dealkylation sites (tertiary alicyclic amines) is 1. The van der Waals surface area contributed by atoms with Gasteiger partial charge in [0.15, 0.2) is 0 Å². The van der Waals surface area contributed by atoms with Gasteiger partial charge in [-0.05, 0) is 69.4 Å². The monoisotopic (exact) mass is 578 g/mol. The van der Waals surface area contributed by atoms with Gasteiger partial charge >= 0.3 is 0 Å². The summed E-state index contributed by atoms with van der Waals surface area (Å²) in [6.07, 6.45) is 4.87. The molecule has 3 heterocycles. The Labute approximate surface area is 244 Å². The van der Waals surface area contributed by atoms with Crippen LogP contribution in [0.3, 0.4) is 0 Å². The molecule has 1 N–H and O–H groups in total. The van der Waals surface area contributed by atoms with Crippen molar-refractivity contribution in [2.24, 2.45) is 5.92 Å². The van der Waals surface area contributed by atoms with E-state index in [1.807, 2.05) is 39.8 Å². The maximum absolute atomic E-state index is 16.9. The van der Waals surface area contributed by atoms with Gasteiger partial charge in [-0.3, -0.25) is 15.0 Å². The van der Waals surface area contributed by atoms with Gasteiger partial charge in [0.25, 0.3) is 5.91 Å². The fourth-order valence-corrected chi connectivity index (χ4v) is 5.99. The number of benzene rings is 2. The van der Waals surface area contributed by atoms with Crippen LogP contribution in [0.15, 0.2) is 48.8 Å². The molecule has 2 saturated heterocycles. The van der Waals surface area contributed by atoms with Gasteiger partial charge in [-0.2, -0.15) is 5.26 Å². The number of hydrogen-bond donors (Lipinski definition) is 1. The molecule has 7 nitrogen and oxygen atoms in total. The highest BCUT2D eigenvalue weighted by atomic mass is 19.1. The van der Waals surface area contributed by atoms with Gasteiger partial charge in [-0.1, -0.05) is 18.2 Å². The van der Waals surface area contributed by atoms with Crippen LogP contribution in [0, 0.1) is 35.8 Å². The molecule has 5 rings (SSSR count). The number of rotatable bonds is 6. The number of amides is 1. The van der Waals surface area contributed by atoms with Crippen molar-refractivity contribution in [2.75, 3.05) is 36.4 Å². The number of nitriles is 1. The van der Waals surface area contributed by atoms with Gasteiger partial charge in [0.1, 0.15) is 11.6 Å². The van der Waals surface area contributed by atoms with Crippen LogP contribution in [0.25, 0.3) is 0 Å². The number of nitrogens with zero attached hydrogens (tertiary/aromatic N) is 5. The first-order chi connectivity index (χ1) is 19.9. The predicted octanol–water partition coefficient (Wildman–Crippen LogP) is 5.80. The van der Waals surface area contributed by atoms with E-state index >= 15 is 4.39 Å². The summed E-state index contributed by atoms with van der Waals surface area (Å²) in [5.74, 6) is -3.45. The van der Waals surface area contributed by atoms with Gasteiger partial charge < -0.3 is 9.47 Å². The second-order valence-corrected chi connectivity index (χ2v) is 12.5. The third-order valence-corrected chi connectivity index (χ3v) is 8.58. The van der Waals surface area contributed by atoms with Crippen LogP contribution in [0.4, 0.5) is 24.8 Å². The van der Waals surface area contributed by atoms with E-state index in [1.165, 1.54) is 6.07 Å². The molecule has 0 spiro atoms. The maximum atomic E-state index is 16.9. The van der Waals surface area contributed by atoms with Crippen LogP contribution in [0.2, 0.25) is 0 Å². The fourth-order valence-electron chi connectivity index (χ4n) is 5.99. The van der Waals surface area contributed by atoms with Crippen LogP contribution in [-0.4, -0.2) is 57.7 Å². The smallest absolute Gasteiger partial charge is 0.266 e. The topological polar surface area (TPSA) is 77.2 Å². The Morgan fingerprint density at radius 3 is 2.57 bits per heavy atom. The summed E-state index contributed by atoms with van der Waals surface area (Å²) in [7, 11) is 0. The molecule has 2 aliphatic heterocycles. The first-order valence-electron chi connectivity index (χ1n) is 14.3. The van der Waals surface area contributed by atoms with Crippen LogP contribution >= 0.6 is 0 Å². The molecule has 42 heavy (non-hydrogen) atoms. The molecule has 0 saturated carbocycles. The van der Waals surface area contributed by atoms with Crippen molar-refractivity contribution in [3.63, 3.8) is 0 Å². The summed E-state index contributed by atoms with van der Waals surface area (Å²) in [6.45, 7) is 9.53. The van der Waals surface area contributed by atoms with Crippen molar-refractivity contribution in [1.82, 2.24) is 14.5 Å². The van der Waals surface area contributed by atoms with E-state index in [0.29, 0.717) is 6.54 Å². The van der Waals surface area contributed by atoms with Gasteiger partial charge in [0.2, 0.25) is 11.6 Å². The van der Waals surface area contributed by atoms with E-state index in [9.17, 15) is 18.8 Å². The minimum absolute atomic E-state index is 0.0337. The number of piperidine rings is 1. The second-order valence-electron chi connectivity index (χ2n) is 12.5. The number of carbonyl (C=O) groups is 1. The van der Waals surface area contributed by atoms with Gasteiger partial charge in [0.05, 0.1) is 12.6 Å². The van der Waals surface area contributed by atoms with Crippen molar-refractivity contribution in [3.8, 4) is 6.07 Å². The minimum atomic E-state index is -2.48. The quantitative estimate of drug-likeness (QED) is 0.400. The number of alkyl halides is 1. The molecule has 0 aliphatic carbocycles. The highest BCUT2D eigenvalue weighted by molar-refractivity contribution is 5.97. The number of imidazole rings is 1. The van der Waals surface area contributed by atoms with Crippen molar-refractivity contribution in [2.45, 2.75) is 64.2 Å². The molecule has 2 aliphatic rings. The Bertz CT molecular complexity index is 1500. The average molecular weight is 579 g/mol. The minimum Gasteiger partial charge on any atom is -0.371 e. The lowest BCUT2D eigenvalue weighted by Gasteiger charge is -2.33. The molecular weight excluding hydrogens is 541 g/mol. The molecule has 0 bridgehead atoms. The van der Waals surface area contributed by atoms with Crippen LogP contribution in [0.5, 0.6) is 0 Å². The Morgan fingerprint density at radius 2 is 1.90 bits per heavy atom. The molecule has 2 atom stereocenters. The fraction of sp³-hybridized carbons (Fsp3) is 0.469. The standard InChI is InChI=1S/C32H37F3N6O/c1-21-5-6-23(28(15-21)39-12-9-22(17-36)10-13-39)18-40-14-11-37-30(40)38-29(42)32(35)20-41(31(2,3)4)19-26(32)25-8-7-24(33)16-27(25)34/h5-8,11,14-16,22,26H,9-10,12-13,18-20H2,1-4H3,(H,37,38,42)/t26-,32-/m0/s1. The molecule has 222 valence electrons. The predicted molar refractivity (Wildman–Crippen MR) is 156 cm³/mol. The number of halogens is 3. The molecule has 1 aromatic heterocycles. The third kappa shape index (κ3) is 5.88. The number of carbonyl (C=O) groups excluding carboxylic acids is 1.